The minimum absolute atomic E-state index is 0.136. The maximum atomic E-state index is 13.2. The van der Waals surface area contributed by atoms with Crippen LogP contribution in [0, 0.1) is 11.8 Å². The first kappa shape index (κ1) is 17.7. The van der Waals surface area contributed by atoms with Crippen molar-refractivity contribution in [2.24, 2.45) is 11.8 Å². The van der Waals surface area contributed by atoms with Gasteiger partial charge in [-0.25, -0.2) is 4.98 Å². The van der Waals surface area contributed by atoms with Crippen molar-refractivity contribution in [3.05, 3.63) is 23.5 Å². The Hall–Kier alpha value is -2.15. The van der Waals surface area contributed by atoms with E-state index in [0.717, 1.165) is 57.1 Å². The third kappa shape index (κ3) is 2.77. The summed E-state index contributed by atoms with van der Waals surface area (Å²) >= 11 is 0. The SMILES string of the molecule is CN1CCc2nc3ccnn3c(N3CC(C(=O)N4CC[C@H]5CCC[C@H]54)C3)c2CC1. The molecule has 0 N–H and O–H groups in total. The molecule has 5 heterocycles. The van der Waals surface area contributed by atoms with Crippen molar-refractivity contribution in [3.63, 3.8) is 0 Å². The van der Waals surface area contributed by atoms with Gasteiger partial charge in [0.2, 0.25) is 5.91 Å². The van der Waals surface area contributed by atoms with Crippen molar-refractivity contribution < 1.29 is 4.79 Å². The molecule has 0 aromatic carbocycles. The molecule has 1 aliphatic carbocycles. The van der Waals surface area contributed by atoms with Crippen LogP contribution in [0.5, 0.6) is 0 Å². The van der Waals surface area contributed by atoms with Crippen LogP contribution in [0.4, 0.5) is 5.82 Å². The zero-order valence-corrected chi connectivity index (χ0v) is 17.3. The third-order valence-electron chi connectivity index (χ3n) is 7.74. The Kier molecular flexibility index (Phi) is 4.08. The van der Waals surface area contributed by atoms with Gasteiger partial charge in [-0.2, -0.15) is 9.61 Å². The van der Waals surface area contributed by atoms with Crippen molar-refractivity contribution in [2.75, 3.05) is 44.7 Å². The molecule has 154 valence electrons. The summed E-state index contributed by atoms with van der Waals surface area (Å²) in [5.41, 5.74) is 3.46. The molecule has 0 bridgehead atoms. The van der Waals surface area contributed by atoms with E-state index in [2.05, 4.69) is 26.8 Å². The summed E-state index contributed by atoms with van der Waals surface area (Å²) in [6, 6.07) is 2.52. The van der Waals surface area contributed by atoms with Crippen LogP contribution in [0.25, 0.3) is 5.65 Å². The molecule has 2 atom stereocenters. The Balaban J connectivity index is 1.26. The molecule has 2 aromatic heterocycles. The number of carbonyl (C=O) groups excluding carboxylic acids is 1. The van der Waals surface area contributed by atoms with Crippen LogP contribution in [0.1, 0.15) is 36.9 Å². The zero-order valence-electron chi connectivity index (χ0n) is 17.3. The standard InChI is InChI=1S/C22H30N6O/c1-25-10-7-17-18(8-11-25)24-20-5-9-23-28(20)21(17)26-13-16(14-26)22(29)27-12-6-15-3-2-4-19(15)27/h5,9,15-16,19H,2-4,6-8,10-14H2,1H3/t15-,19-/m1/s1. The van der Waals surface area contributed by atoms with Gasteiger partial charge in [0, 0.05) is 56.8 Å². The summed E-state index contributed by atoms with van der Waals surface area (Å²) in [5.74, 6) is 2.48. The molecule has 29 heavy (non-hydrogen) atoms. The van der Waals surface area contributed by atoms with Gasteiger partial charge in [-0.05, 0) is 38.6 Å². The number of fused-ring (bicyclic) bond motifs is 3. The average Bonchev–Trinajstić information content (AvgIpc) is 3.37. The minimum Gasteiger partial charge on any atom is -0.354 e. The molecule has 1 amide bonds. The Morgan fingerprint density at radius 1 is 1.10 bits per heavy atom. The van der Waals surface area contributed by atoms with E-state index in [9.17, 15) is 4.79 Å². The van der Waals surface area contributed by atoms with Crippen molar-refractivity contribution >= 4 is 17.4 Å². The number of likely N-dealkylation sites (N-methyl/N-ethyl adjacent to an activating group) is 1. The predicted molar refractivity (Wildman–Crippen MR) is 111 cm³/mol. The smallest absolute Gasteiger partial charge is 0.229 e. The van der Waals surface area contributed by atoms with E-state index < -0.39 is 0 Å². The molecule has 4 aliphatic rings. The van der Waals surface area contributed by atoms with E-state index in [0.29, 0.717) is 11.9 Å². The fourth-order valence-corrected chi connectivity index (χ4v) is 6.06. The number of likely N-dealkylation sites (tertiary alicyclic amines) is 1. The first-order chi connectivity index (χ1) is 14.2. The summed E-state index contributed by atoms with van der Waals surface area (Å²) in [4.78, 5) is 25.1. The second-order valence-electron chi connectivity index (χ2n) is 9.45. The Bertz CT molecular complexity index is 948. The van der Waals surface area contributed by atoms with Crippen LogP contribution < -0.4 is 4.90 Å². The lowest BCUT2D eigenvalue weighted by atomic mass is 9.96. The van der Waals surface area contributed by atoms with Gasteiger partial charge in [-0.3, -0.25) is 4.79 Å². The number of nitrogens with zero attached hydrogens (tertiary/aromatic N) is 6. The third-order valence-corrected chi connectivity index (χ3v) is 7.74. The molecule has 2 saturated heterocycles. The van der Waals surface area contributed by atoms with Gasteiger partial charge in [0.15, 0.2) is 5.65 Å². The van der Waals surface area contributed by atoms with Gasteiger partial charge in [0.25, 0.3) is 0 Å². The number of rotatable bonds is 2. The summed E-state index contributed by atoms with van der Waals surface area (Å²) in [6.45, 7) is 4.69. The van der Waals surface area contributed by atoms with Gasteiger partial charge in [-0.1, -0.05) is 6.42 Å². The number of hydrogen-bond acceptors (Lipinski definition) is 5. The van der Waals surface area contributed by atoms with E-state index in [1.54, 1.807) is 0 Å². The molecular weight excluding hydrogens is 364 g/mol. The van der Waals surface area contributed by atoms with Crippen LogP contribution in [-0.4, -0.2) is 76.1 Å². The fourth-order valence-electron chi connectivity index (χ4n) is 6.06. The number of carbonyl (C=O) groups is 1. The molecule has 7 nitrogen and oxygen atoms in total. The molecule has 3 aliphatic heterocycles. The highest BCUT2D eigenvalue weighted by Crippen LogP contribution is 2.40. The van der Waals surface area contributed by atoms with Crippen molar-refractivity contribution in [3.8, 4) is 0 Å². The molecule has 1 saturated carbocycles. The second kappa shape index (κ2) is 6.69. The van der Waals surface area contributed by atoms with Gasteiger partial charge >= 0.3 is 0 Å². The normalized spacial score (nSPS) is 27.8. The average molecular weight is 395 g/mol. The fraction of sp³-hybridized carbons (Fsp3) is 0.682. The van der Waals surface area contributed by atoms with E-state index in [1.165, 1.54) is 42.8 Å². The number of amides is 1. The van der Waals surface area contributed by atoms with Crippen LogP contribution in [0.15, 0.2) is 12.3 Å². The van der Waals surface area contributed by atoms with Crippen molar-refractivity contribution in [2.45, 2.75) is 44.6 Å². The predicted octanol–water partition coefficient (Wildman–Crippen LogP) is 1.60. The van der Waals surface area contributed by atoms with Crippen LogP contribution in [0.3, 0.4) is 0 Å². The first-order valence-electron chi connectivity index (χ1n) is 11.3. The molecular formula is C22H30N6O. The molecule has 6 rings (SSSR count). The van der Waals surface area contributed by atoms with Crippen molar-refractivity contribution in [1.82, 2.24) is 24.4 Å². The molecule has 3 fully saturated rings. The minimum atomic E-state index is 0.136. The summed E-state index contributed by atoms with van der Waals surface area (Å²) < 4.78 is 1.99. The maximum absolute atomic E-state index is 13.2. The highest BCUT2D eigenvalue weighted by molar-refractivity contribution is 5.83. The van der Waals surface area contributed by atoms with E-state index in [1.807, 2.05) is 16.8 Å². The molecule has 7 heteroatoms. The highest BCUT2D eigenvalue weighted by Gasteiger charge is 2.45. The summed E-state index contributed by atoms with van der Waals surface area (Å²) in [6.07, 6.45) is 8.86. The Morgan fingerprint density at radius 3 is 2.86 bits per heavy atom. The van der Waals surface area contributed by atoms with Gasteiger partial charge in [-0.15, -0.1) is 0 Å². The largest absolute Gasteiger partial charge is 0.354 e. The topological polar surface area (TPSA) is 57.0 Å². The van der Waals surface area contributed by atoms with E-state index in [4.69, 9.17) is 4.98 Å². The van der Waals surface area contributed by atoms with E-state index in [-0.39, 0.29) is 5.92 Å². The maximum Gasteiger partial charge on any atom is 0.229 e. The van der Waals surface area contributed by atoms with Crippen LogP contribution in [-0.2, 0) is 17.6 Å². The molecule has 0 spiro atoms. The lowest BCUT2D eigenvalue weighted by molar-refractivity contribution is -0.137. The molecule has 0 radical (unpaired) electrons. The number of aromatic nitrogens is 3. The van der Waals surface area contributed by atoms with Crippen LogP contribution in [0.2, 0.25) is 0 Å². The number of anilines is 1. The van der Waals surface area contributed by atoms with Gasteiger partial charge in [0.1, 0.15) is 5.82 Å². The monoisotopic (exact) mass is 394 g/mol. The first-order valence-corrected chi connectivity index (χ1v) is 11.3. The zero-order chi connectivity index (χ0) is 19.5. The molecule has 2 aromatic rings. The Labute approximate surface area is 171 Å². The quantitative estimate of drug-likeness (QED) is 0.774. The lowest BCUT2D eigenvalue weighted by Crippen LogP contribution is -2.56. The lowest BCUT2D eigenvalue weighted by Gasteiger charge is -2.43. The van der Waals surface area contributed by atoms with Crippen LogP contribution >= 0.6 is 0 Å². The van der Waals surface area contributed by atoms with Crippen molar-refractivity contribution in [1.29, 1.82) is 0 Å². The second-order valence-corrected chi connectivity index (χ2v) is 9.45. The van der Waals surface area contributed by atoms with E-state index >= 15 is 0 Å². The highest BCUT2D eigenvalue weighted by atomic mass is 16.2. The Morgan fingerprint density at radius 2 is 1.97 bits per heavy atom. The van der Waals surface area contributed by atoms with Gasteiger partial charge < -0.3 is 14.7 Å². The summed E-state index contributed by atoms with van der Waals surface area (Å²) in [7, 11) is 2.18. The van der Waals surface area contributed by atoms with Gasteiger partial charge in [0.05, 0.1) is 17.8 Å². The number of hydrogen-bond donors (Lipinski definition) is 0. The summed E-state index contributed by atoms with van der Waals surface area (Å²) in [5, 5.41) is 4.57. The molecule has 0 unspecified atom stereocenters.